The number of nitrogens with one attached hydrogen (secondary N) is 1. The summed E-state index contributed by atoms with van der Waals surface area (Å²) in [5.41, 5.74) is 8.02. The third-order valence-electron chi connectivity index (χ3n) is 2.02. The number of halogens is 1. The molecule has 0 amide bonds. The van der Waals surface area contributed by atoms with Crippen molar-refractivity contribution in [2.24, 2.45) is 0 Å². The van der Waals surface area contributed by atoms with Crippen molar-refractivity contribution in [3.05, 3.63) is 16.2 Å². The van der Waals surface area contributed by atoms with Crippen molar-refractivity contribution in [3.8, 4) is 0 Å². The average Bonchev–Trinajstić information content (AvgIpc) is 2.04. The summed E-state index contributed by atoms with van der Waals surface area (Å²) in [4.78, 5) is 4.12. The molecule has 0 unspecified atom stereocenters. The molecule has 0 saturated carbocycles. The van der Waals surface area contributed by atoms with Gasteiger partial charge in [0.25, 0.3) is 0 Å². The molecule has 1 aliphatic heterocycles. The number of anilines is 2. The summed E-state index contributed by atoms with van der Waals surface area (Å²) >= 11 is 3.32. The maximum absolute atomic E-state index is 5.74. The highest BCUT2D eigenvalue weighted by Crippen LogP contribution is 2.28. The van der Waals surface area contributed by atoms with Gasteiger partial charge in [-0.1, -0.05) is 0 Å². The zero-order valence-electron chi connectivity index (χ0n) is 6.60. The van der Waals surface area contributed by atoms with Gasteiger partial charge >= 0.3 is 0 Å². The number of aryl methyl sites for hydroxylation is 1. The van der Waals surface area contributed by atoms with Gasteiger partial charge in [-0.2, -0.15) is 0 Å². The Hall–Kier alpha value is -0.770. The number of hydrogen-bond acceptors (Lipinski definition) is 3. The normalized spacial score (nSPS) is 15.1. The van der Waals surface area contributed by atoms with Crippen molar-refractivity contribution in [1.29, 1.82) is 0 Å². The smallest absolute Gasteiger partial charge is 0.148 e. The summed E-state index contributed by atoms with van der Waals surface area (Å²) in [6.45, 7) is 1.00. The predicted molar refractivity (Wildman–Crippen MR) is 53.2 cm³/mol. The molecule has 3 nitrogen and oxygen atoms in total. The van der Waals surface area contributed by atoms with E-state index in [1.54, 1.807) is 0 Å². The monoisotopic (exact) mass is 227 g/mol. The average molecular weight is 228 g/mol. The van der Waals surface area contributed by atoms with E-state index in [1.807, 2.05) is 6.07 Å². The Bertz CT molecular complexity index is 311. The number of fused-ring (bicyclic) bond motifs is 1. The Morgan fingerprint density at radius 1 is 1.58 bits per heavy atom. The van der Waals surface area contributed by atoms with Gasteiger partial charge in [0, 0.05) is 6.54 Å². The lowest BCUT2D eigenvalue weighted by Gasteiger charge is -2.18. The minimum atomic E-state index is 0.596. The fourth-order valence-electron chi connectivity index (χ4n) is 1.48. The topological polar surface area (TPSA) is 50.9 Å². The molecule has 0 atom stereocenters. The molecule has 1 aromatic heterocycles. The Labute approximate surface area is 79.5 Å². The first kappa shape index (κ1) is 7.86. The molecule has 1 aromatic rings. The van der Waals surface area contributed by atoms with Crippen LogP contribution in [0, 0.1) is 0 Å². The lowest BCUT2D eigenvalue weighted by Crippen LogP contribution is -2.14. The van der Waals surface area contributed by atoms with E-state index in [0.29, 0.717) is 5.82 Å². The molecule has 0 spiro atoms. The number of hydrogen-bond donors (Lipinski definition) is 2. The molecule has 1 aliphatic rings. The summed E-state index contributed by atoms with van der Waals surface area (Å²) in [5, 5.41) is 3.25. The lowest BCUT2D eigenvalue weighted by atomic mass is 10.1. The van der Waals surface area contributed by atoms with E-state index in [4.69, 9.17) is 5.73 Å². The fraction of sp³-hybridized carbons (Fsp3) is 0.375. The second-order valence-electron chi connectivity index (χ2n) is 2.89. The quantitative estimate of drug-likeness (QED) is 0.665. The lowest BCUT2D eigenvalue weighted by molar-refractivity contribution is 0.826. The molecule has 0 radical (unpaired) electrons. The second kappa shape index (κ2) is 2.94. The molecule has 0 saturated heterocycles. The van der Waals surface area contributed by atoms with Crippen LogP contribution in [-0.2, 0) is 6.42 Å². The largest absolute Gasteiger partial charge is 0.382 e. The summed E-state index contributed by atoms with van der Waals surface area (Å²) < 4.78 is 0.822. The highest BCUT2D eigenvalue weighted by atomic mass is 79.9. The van der Waals surface area contributed by atoms with E-state index in [1.165, 1.54) is 12.0 Å². The van der Waals surface area contributed by atoms with Crippen molar-refractivity contribution in [3.63, 3.8) is 0 Å². The van der Waals surface area contributed by atoms with Gasteiger partial charge in [-0.05, 0) is 40.4 Å². The van der Waals surface area contributed by atoms with Crippen molar-refractivity contribution in [1.82, 2.24) is 4.98 Å². The van der Waals surface area contributed by atoms with Crippen LogP contribution in [0.4, 0.5) is 11.5 Å². The van der Waals surface area contributed by atoms with Crippen LogP contribution >= 0.6 is 15.9 Å². The summed E-state index contributed by atoms with van der Waals surface area (Å²) in [5.74, 6) is 0.596. The molecule has 0 aromatic carbocycles. The van der Waals surface area contributed by atoms with Crippen LogP contribution in [0.5, 0.6) is 0 Å². The number of pyridine rings is 1. The minimum absolute atomic E-state index is 0.596. The molecule has 2 rings (SSSR count). The van der Waals surface area contributed by atoms with Gasteiger partial charge in [0.1, 0.15) is 10.4 Å². The summed E-state index contributed by atoms with van der Waals surface area (Å²) in [7, 11) is 0. The van der Waals surface area contributed by atoms with Crippen LogP contribution in [-0.4, -0.2) is 11.5 Å². The second-order valence-corrected chi connectivity index (χ2v) is 3.71. The maximum Gasteiger partial charge on any atom is 0.148 e. The third kappa shape index (κ3) is 1.27. The molecule has 12 heavy (non-hydrogen) atoms. The van der Waals surface area contributed by atoms with Gasteiger partial charge in [0.05, 0.1) is 5.69 Å². The van der Waals surface area contributed by atoms with Gasteiger partial charge in [-0.3, -0.25) is 0 Å². The molecule has 4 heteroatoms. The number of nitrogens with two attached hydrogens (primary N) is 1. The Balaban J connectivity index is 2.53. The van der Waals surface area contributed by atoms with Crippen molar-refractivity contribution < 1.29 is 0 Å². The third-order valence-corrected chi connectivity index (χ3v) is 2.43. The Morgan fingerprint density at radius 2 is 2.42 bits per heavy atom. The number of nitrogens with zero attached hydrogens (tertiary/aromatic N) is 1. The highest BCUT2D eigenvalue weighted by Gasteiger charge is 2.12. The van der Waals surface area contributed by atoms with E-state index in [-0.39, 0.29) is 0 Å². The van der Waals surface area contributed by atoms with Gasteiger partial charge in [0.2, 0.25) is 0 Å². The van der Waals surface area contributed by atoms with E-state index < -0.39 is 0 Å². The SMILES string of the molecule is Nc1nc(Br)cc2c1NCCC2. The van der Waals surface area contributed by atoms with E-state index >= 15 is 0 Å². The van der Waals surface area contributed by atoms with E-state index in [9.17, 15) is 0 Å². The van der Waals surface area contributed by atoms with Crippen molar-refractivity contribution in [2.45, 2.75) is 12.8 Å². The Morgan fingerprint density at radius 3 is 3.25 bits per heavy atom. The van der Waals surface area contributed by atoms with Crippen molar-refractivity contribution >= 4 is 27.4 Å². The predicted octanol–water partition coefficient (Wildman–Crippen LogP) is 1.78. The molecule has 2 heterocycles. The molecular formula is C8H10BrN3. The molecule has 3 N–H and O–H groups in total. The molecular weight excluding hydrogens is 218 g/mol. The Kier molecular flexibility index (Phi) is 1.92. The van der Waals surface area contributed by atoms with Crippen molar-refractivity contribution in [2.75, 3.05) is 17.6 Å². The standard InChI is InChI=1S/C8H10BrN3/c9-6-4-5-2-1-3-11-7(5)8(10)12-6/h4,11H,1-3H2,(H2,10,12). The molecule has 0 fully saturated rings. The van der Waals surface area contributed by atoms with Crippen LogP contribution in [0.3, 0.4) is 0 Å². The molecule has 0 bridgehead atoms. The van der Waals surface area contributed by atoms with Gasteiger partial charge in [0.15, 0.2) is 0 Å². The van der Waals surface area contributed by atoms with E-state index in [2.05, 4.69) is 26.2 Å². The maximum atomic E-state index is 5.74. The number of aromatic nitrogens is 1. The molecule has 0 aliphatic carbocycles. The van der Waals surface area contributed by atoms with Crippen LogP contribution in [0.15, 0.2) is 10.7 Å². The zero-order chi connectivity index (χ0) is 8.55. The highest BCUT2D eigenvalue weighted by molar-refractivity contribution is 9.10. The first-order valence-corrected chi connectivity index (χ1v) is 4.75. The minimum Gasteiger partial charge on any atom is -0.382 e. The van der Waals surface area contributed by atoms with E-state index in [0.717, 1.165) is 23.3 Å². The van der Waals surface area contributed by atoms with Crippen LogP contribution in [0.25, 0.3) is 0 Å². The number of rotatable bonds is 0. The molecule has 64 valence electrons. The van der Waals surface area contributed by atoms with Crippen LogP contribution in [0.2, 0.25) is 0 Å². The van der Waals surface area contributed by atoms with Gasteiger partial charge in [-0.15, -0.1) is 0 Å². The van der Waals surface area contributed by atoms with Gasteiger partial charge in [-0.25, -0.2) is 4.98 Å². The van der Waals surface area contributed by atoms with Crippen LogP contribution in [0.1, 0.15) is 12.0 Å². The summed E-state index contributed by atoms with van der Waals surface area (Å²) in [6, 6.07) is 2.03. The number of nitrogen functional groups attached to an aromatic ring is 1. The summed E-state index contributed by atoms with van der Waals surface area (Å²) in [6.07, 6.45) is 2.26. The first-order valence-electron chi connectivity index (χ1n) is 3.96. The van der Waals surface area contributed by atoms with Gasteiger partial charge < -0.3 is 11.1 Å². The fourth-order valence-corrected chi connectivity index (χ4v) is 1.94. The van der Waals surface area contributed by atoms with Crippen LogP contribution < -0.4 is 11.1 Å². The zero-order valence-corrected chi connectivity index (χ0v) is 8.19. The first-order chi connectivity index (χ1) is 5.77.